The fourth-order valence-electron chi connectivity index (χ4n) is 3.44. The second-order valence-corrected chi connectivity index (χ2v) is 9.05. The Morgan fingerprint density at radius 2 is 2.20 bits per heavy atom. The summed E-state index contributed by atoms with van der Waals surface area (Å²) in [6, 6.07) is 5.68. The molecule has 4 N–H and O–H groups in total. The number of rotatable bonds is 9. The van der Waals surface area contributed by atoms with Crippen LogP contribution in [0.25, 0.3) is 10.6 Å². The standard InChI is InChI=1S/C20H28ClN5O3S/c1-12(2)29-17-4-3-13(9-15(17)21)19-24-25-20(30-19)23-16-5-7-26(8-6-18(27)28)11-14(16)10-22/h3-4,9-10,12,14,16,18,22,27-28H,5-8,11H2,1-2H3,(H,23,25). The molecule has 1 aliphatic heterocycles. The zero-order valence-electron chi connectivity index (χ0n) is 17.1. The van der Waals surface area contributed by atoms with Crippen molar-refractivity contribution in [2.24, 2.45) is 5.92 Å². The second kappa shape index (κ2) is 10.5. The number of anilines is 1. The number of aliphatic hydroxyl groups excluding tert-OH is 1. The van der Waals surface area contributed by atoms with E-state index in [1.165, 1.54) is 17.6 Å². The second-order valence-electron chi connectivity index (χ2n) is 7.66. The number of nitrogens with one attached hydrogen (secondary N) is 2. The molecule has 30 heavy (non-hydrogen) atoms. The quantitative estimate of drug-likeness (QED) is 0.340. The lowest BCUT2D eigenvalue weighted by atomic mass is 9.93. The number of aliphatic hydroxyl groups is 2. The molecular weight excluding hydrogens is 426 g/mol. The molecular formula is C20H28ClN5O3S. The van der Waals surface area contributed by atoms with Gasteiger partial charge < -0.3 is 30.6 Å². The maximum absolute atomic E-state index is 9.06. The van der Waals surface area contributed by atoms with Crippen molar-refractivity contribution in [2.45, 2.75) is 45.1 Å². The van der Waals surface area contributed by atoms with Crippen LogP contribution in [0.15, 0.2) is 18.2 Å². The van der Waals surface area contributed by atoms with Crippen molar-refractivity contribution in [2.75, 3.05) is 25.0 Å². The normalized spacial score (nSPS) is 20.0. The Morgan fingerprint density at radius 3 is 2.87 bits per heavy atom. The van der Waals surface area contributed by atoms with Gasteiger partial charge in [0.25, 0.3) is 0 Å². The van der Waals surface area contributed by atoms with Crippen molar-refractivity contribution in [1.29, 1.82) is 5.41 Å². The molecule has 2 aromatic rings. The number of halogens is 1. The molecule has 0 aliphatic carbocycles. The van der Waals surface area contributed by atoms with E-state index in [2.05, 4.69) is 20.4 Å². The van der Waals surface area contributed by atoms with Crippen molar-refractivity contribution in [3.05, 3.63) is 23.2 Å². The van der Waals surface area contributed by atoms with Gasteiger partial charge in [-0.15, -0.1) is 10.2 Å². The van der Waals surface area contributed by atoms with E-state index >= 15 is 0 Å². The molecule has 0 amide bonds. The number of nitrogens with zero attached hydrogens (tertiary/aromatic N) is 3. The SMILES string of the molecule is CC(C)Oc1ccc(-c2nnc(NC3CCN(CCC(O)O)CC3C=N)s2)cc1Cl. The van der Waals surface area contributed by atoms with E-state index in [0.29, 0.717) is 35.4 Å². The molecule has 2 atom stereocenters. The highest BCUT2D eigenvalue weighted by Crippen LogP contribution is 2.34. The van der Waals surface area contributed by atoms with Crippen LogP contribution in [-0.2, 0) is 0 Å². The lowest BCUT2D eigenvalue weighted by Gasteiger charge is -2.37. The molecule has 1 aromatic heterocycles. The minimum absolute atomic E-state index is 0.0174. The summed E-state index contributed by atoms with van der Waals surface area (Å²) in [5, 5.41) is 39.9. The Bertz CT molecular complexity index is 848. The summed E-state index contributed by atoms with van der Waals surface area (Å²) in [7, 11) is 0. The first kappa shape index (κ1) is 22.9. The van der Waals surface area contributed by atoms with Crippen LogP contribution in [0.5, 0.6) is 5.75 Å². The first-order valence-corrected chi connectivity index (χ1v) is 11.2. The fourth-order valence-corrected chi connectivity index (χ4v) is 4.47. The third-order valence-corrected chi connectivity index (χ3v) is 6.13. The molecule has 1 aliphatic rings. The maximum Gasteiger partial charge on any atom is 0.206 e. The van der Waals surface area contributed by atoms with E-state index < -0.39 is 6.29 Å². The van der Waals surface area contributed by atoms with Crippen LogP contribution < -0.4 is 10.1 Å². The lowest BCUT2D eigenvalue weighted by Crippen LogP contribution is -2.47. The van der Waals surface area contributed by atoms with E-state index in [1.807, 2.05) is 32.0 Å². The molecule has 0 radical (unpaired) electrons. The summed E-state index contributed by atoms with van der Waals surface area (Å²) in [5.74, 6) is 0.663. The van der Waals surface area contributed by atoms with Crippen LogP contribution in [-0.4, -0.2) is 69.6 Å². The predicted octanol–water partition coefficient (Wildman–Crippen LogP) is 3.10. The molecule has 2 unspecified atom stereocenters. The molecule has 0 spiro atoms. The molecule has 1 saturated heterocycles. The summed E-state index contributed by atoms with van der Waals surface area (Å²) >= 11 is 7.79. The fraction of sp³-hybridized carbons (Fsp3) is 0.550. The van der Waals surface area contributed by atoms with Gasteiger partial charge in [0.15, 0.2) is 6.29 Å². The highest BCUT2D eigenvalue weighted by Gasteiger charge is 2.28. The average molecular weight is 454 g/mol. The van der Waals surface area contributed by atoms with E-state index in [0.717, 1.165) is 23.5 Å². The number of ether oxygens (including phenoxy) is 1. The van der Waals surface area contributed by atoms with Gasteiger partial charge in [-0.25, -0.2) is 0 Å². The van der Waals surface area contributed by atoms with Crippen LogP contribution in [0.3, 0.4) is 0 Å². The Labute approximate surface area is 185 Å². The van der Waals surface area contributed by atoms with Crippen LogP contribution in [0, 0.1) is 11.3 Å². The van der Waals surface area contributed by atoms with Gasteiger partial charge in [-0.3, -0.25) is 0 Å². The number of hydrogen-bond acceptors (Lipinski definition) is 9. The Balaban J connectivity index is 1.62. The largest absolute Gasteiger partial charge is 0.489 e. The molecule has 0 saturated carbocycles. The Kier molecular flexibility index (Phi) is 8.01. The van der Waals surface area contributed by atoms with E-state index in [-0.39, 0.29) is 18.1 Å². The van der Waals surface area contributed by atoms with Gasteiger partial charge in [-0.1, -0.05) is 22.9 Å². The summed E-state index contributed by atoms with van der Waals surface area (Å²) in [4.78, 5) is 2.15. The maximum atomic E-state index is 9.06. The number of hydrogen-bond donors (Lipinski definition) is 4. The average Bonchev–Trinajstić information content (AvgIpc) is 3.17. The summed E-state index contributed by atoms with van der Waals surface area (Å²) in [5.41, 5.74) is 0.877. The Morgan fingerprint density at radius 1 is 1.40 bits per heavy atom. The van der Waals surface area contributed by atoms with E-state index in [9.17, 15) is 0 Å². The third-order valence-electron chi connectivity index (χ3n) is 4.94. The highest BCUT2D eigenvalue weighted by molar-refractivity contribution is 7.18. The third kappa shape index (κ3) is 6.12. The number of benzene rings is 1. The molecule has 1 aromatic carbocycles. The molecule has 10 heteroatoms. The molecule has 164 valence electrons. The minimum atomic E-state index is -1.29. The summed E-state index contributed by atoms with van der Waals surface area (Å²) < 4.78 is 5.67. The zero-order valence-corrected chi connectivity index (χ0v) is 18.7. The molecule has 0 bridgehead atoms. The van der Waals surface area contributed by atoms with Crippen LogP contribution >= 0.6 is 22.9 Å². The van der Waals surface area contributed by atoms with Crippen LogP contribution in [0.4, 0.5) is 5.13 Å². The van der Waals surface area contributed by atoms with Gasteiger partial charge in [-0.05, 0) is 38.5 Å². The van der Waals surface area contributed by atoms with E-state index in [4.69, 9.17) is 32.0 Å². The van der Waals surface area contributed by atoms with Crippen molar-refractivity contribution in [3.8, 4) is 16.3 Å². The number of likely N-dealkylation sites (tertiary alicyclic amines) is 1. The van der Waals surface area contributed by atoms with Crippen LogP contribution in [0.2, 0.25) is 5.02 Å². The van der Waals surface area contributed by atoms with Crippen molar-refractivity contribution in [3.63, 3.8) is 0 Å². The summed E-state index contributed by atoms with van der Waals surface area (Å²) in [6.07, 6.45) is 1.36. The Hall–Kier alpha value is -1.78. The van der Waals surface area contributed by atoms with Crippen molar-refractivity contribution >= 4 is 34.3 Å². The molecule has 2 heterocycles. The van der Waals surface area contributed by atoms with Gasteiger partial charge in [0.2, 0.25) is 5.13 Å². The zero-order chi connectivity index (χ0) is 21.7. The van der Waals surface area contributed by atoms with E-state index in [1.54, 1.807) is 0 Å². The first-order valence-electron chi connectivity index (χ1n) is 10.0. The molecule has 3 rings (SSSR count). The van der Waals surface area contributed by atoms with Gasteiger partial charge in [0.05, 0.1) is 11.1 Å². The van der Waals surface area contributed by atoms with Gasteiger partial charge in [-0.2, -0.15) is 0 Å². The lowest BCUT2D eigenvalue weighted by molar-refractivity contribution is -0.0515. The van der Waals surface area contributed by atoms with Gasteiger partial charge >= 0.3 is 0 Å². The number of aromatic nitrogens is 2. The predicted molar refractivity (Wildman–Crippen MR) is 120 cm³/mol. The monoisotopic (exact) mass is 453 g/mol. The topological polar surface area (TPSA) is 115 Å². The number of piperidine rings is 1. The summed E-state index contributed by atoms with van der Waals surface area (Å²) in [6.45, 7) is 6.04. The van der Waals surface area contributed by atoms with Crippen LogP contribution in [0.1, 0.15) is 26.7 Å². The molecule has 1 fully saturated rings. The van der Waals surface area contributed by atoms with Gasteiger partial charge in [0, 0.05) is 49.8 Å². The smallest absolute Gasteiger partial charge is 0.206 e. The minimum Gasteiger partial charge on any atom is -0.489 e. The molecule has 8 nitrogen and oxygen atoms in total. The highest BCUT2D eigenvalue weighted by atomic mass is 35.5. The van der Waals surface area contributed by atoms with Gasteiger partial charge in [0.1, 0.15) is 10.8 Å². The first-order chi connectivity index (χ1) is 14.4. The van der Waals surface area contributed by atoms with Crippen molar-refractivity contribution < 1.29 is 14.9 Å². The van der Waals surface area contributed by atoms with Crippen molar-refractivity contribution in [1.82, 2.24) is 15.1 Å².